The summed E-state index contributed by atoms with van der Waals surface area (Å²) in [5, 5.41) is 9.22. The average Bonchev–Trinajstić information content (AvgIpc) is 2.83. The van der Waals surface area contributed by atoms with E-state index in [1.165, 1.54) is 0 Å². The zero-order valence-corrected chi connectivity index (χ0v) is 12.6. The fourth-order valence-electron chi connectivity index (χ4n) is 2.13. The van der Waals surface area contributed by atoms with Gasteiger partial charge in [-0.15, -0.1) is 0 Å². The highest BCUT2D eigenvalue weighted by atomic mass is 16.2. The first-order chi connectivity index (χ1) is 10.0. The van der Waals surface area contributed by atoms with Crippen molar-refractivity contribution in [3.8, 4) is 11.3 Å². The molecule has 0 spiro atoms. The summed E-state index contributed by atoms with van der Waals surface area (Å²) in [6, 6.07) is 0. The standard InChI is InChI=1S/C14H21N5O2/c1-4-19-8-10(12-11(9-19)14(21)17-16-12)13(20)15-6-5-7-18(2)3/h8-9H,4-7H2,1-3H3,(H,15,20)(H,17,21). The van der Waals surface area contributed by atoms with E-state index in [2.05, 4.69) is 20.4 Å². The molecule has 0 radical (unpaired) electrons. The van der Waals surface area contributed by atoms with E-state index < -0.39 is 0 Å². The molecule has 0 aromatic heterocycles. The van der Waals surface area contributed by atoms with Crippen LogP contribution in [0.25, 0.3) is 11.3 Å². The molecule has 21 heavy (non-hydrogen) atoms. The van der Waals surface area contributed by atoms with Crippen LogP contribution >= 0.6 is 0 Å². The van der Waals surface area contributed by atoms with Gasteiger partial charge in [0, 0.05) is 25.5 Å². The SMILES string of the molecule is CCn1cc(C(=O)NCCCN(C)C)c2n[nH]c(=O)c-2c1. The first-order valence-corrected chi connectivity index (χ1v) is 7.04. The van der Waals surface area contributed by atoms with Gasteiger partial charge in [0.2, 0.25) is 0 Å². The molecule has 0 aromatic rings. The van der Waals surface area contributed by atoms with Gasteiger partial charge in [-0.05, 0) is 34.0 Å². The summed E-state index contributed by atoms with van der Waals surface area (Å²) in [5.74, 6) is -0.201. The van der Waals surface area contributed by atoms with Crippen LogP contribution in [0.15, 0.2) is 17.2 Å². The molecule has 0 bridgehead atoms. The number of carbonyl (C=O) groups excluding carboxylic acids is 1. The van der Waals surface area contributed by atoms with Crippen LogP contribution in [0.5, 0.6) is 0 Å². The van der Waals surface area contributed by atoms with Crippen LogP contribution in [0.2, 0.25) is 0 Å². The third-order valence-electron chi connectivity index (χ3n) is 3.29. The fraction of sp³-hybridized carbons (Fsp3) is 0.500. The van der Waals surface area contributed by atoms with Crippen LogP contribution in [-0.2, 0) is 6.54 Å². The number of H-pyrrole nitrogens is 1. The van der Waals surface area contributed by atoms with Gasteiger partial charge in [-0.25, -0.2) is 5.10 Å². The number of hydrogen-bond acceptors (Lipinski definition) is 4. The van der Waals surface area contributed by atoms with Crippen molar-refractivity contribution in [2.45, 2.75) is 19.9 Å². The fourth-order valence-corrected chi connectivity index (χ4v) is 2.13. The number of rotatable bonds is 6. The third kappa shape index (κ3) is 3.49. The number of hydrogen-bond donors (Lipinski definition) is 2. The lowest BCUT2D eigenvalue weighted by atomic mass is 10.1. The van der Waals surface area contributed by atoms with E-state index in [1.807, 2.05) is 25.6 Å². The van der Waals surface area contributed by atoms with Crippen molar-refractivity contribution in [2.24, 2.45) is 0 Å². The second-order valence-corrected chi connectivity index (χ2v) is 5.23. The summed E-state index contributed by atoms with van der Waals surface area (Å²) in [5.41, 5.74) is 1.03. The number of nitrogens with one attached hydrogen (secondary N) is 2. The minimum absolute atomic E-state index is 0.201. The van der Waals surface area contributed by atoms with Gasteiger partial charge in [-0.1, -0.05) is 0 Å². The summed E-state index contributed by atoms with van der Waals surface area (Å²) in [4.78, 5) is 26.0. The topological polar surface area (TPSA) is 83.0 Å². The van der Waals surface area contributed by atoms with Crippen LogP contribution in [-0.4, -0.2) is 52.8 Å². The number of pyridine rings is 1. The molecule has 0 fully saturated rings. The summed E-state index contributed by atoms with van der Waals surface area (Å²) < 4.78 is 1.81. The number of carbonyl (C=O) groups is 1. The van der Waals surface area contributed by atoms with Gasteiger partial charge in [-0.2, -0.15) is 5.10 Å². The summed E-state index contributed by atoms with van der Waals surface area (Å²) >= 11 is 0. The van der Waals surface area contributed by atoms with Gasteiger partial charge >= 0.3 is 0 Å². The van der Waals surface area contributed by atoms with E-state index >= 15 is 0 Å². The van der Waals surface area contributed by atoms with E-state index in [4.69, 9.17) is 0 Å². The molecule has 0 saturated carbocycles. The molecule has 2 N–H and O–H groups in total. The van der Waals surface area contributed by atoms with Gasteiger partial charge in [0.1, 0.15) is 5.69 Å². The van der Waals surface area contributed by atoms with Crippen molar-refractivity contribution in [1.82, 2.24) is 25.0 Å². The van der Waals surface area contributed by atoms with Crippen molar-refractivity contribution >= 4 is 5.91 Å². The van der Waals surface area contributed by atoms with E-state index in [9.17, 15) is 9.59 Å². The van der Waals surface area contributed by atoms with Crippen molar-refractivity contribution in [2.75, 3.05) is 27.2 Å². The quantitative estimate of drug-likeness (QED) is 0.754. The van der Waals surface area contributed by atoms with Crippen LogP contribution in [0.1, 0.15) is 23.7 Å². The maximum Gasteiger partial charge on any atom is 0.275 e. The van der Waals surface area contributed by atoms with Gasteiger partial charge < -0.3 is 14.8 Å². The van der Waals surface area contributed by atoms with Crippen molar-refractivity contribution in [3.05, 3.63) is 28.3 Å². The first kappa shape index (κ1) is 15.2. The molecule has 2 aliphatic heterocycles. The Hall–Kier alpha value is -2.15. The van der Waals surface area contributed by atoms with Crippen LogP contribution < -0.4 is 10.9 Å². The Kier molecular flexibility index (Phi) is 4.74. The second kappa shape index (κ2) is 6.53. The summed E-state index contributed by atoms with van der Waals surface area (Å²) in [6.07, 6.45) is 4.31. The van der Waals surface area contributed by atoms with Crippen molar-refractivity contribution in [3.63, 3.8) is 0 Å². The summed E-state index contributed by atoms with van der Waals surface area (Å²) in [6.45, 7) is 4.14. The van der Waals surface area contributed by atoms with Crippen LogP contribution in [0, 0.1) is 0 Å². The van der Waals surface area contributed by atoms with Crippen LogP contribution in [0.4, 0.5) is 0 Å². The number of amides is 1. The Morgan fingerprint density at radius 1 is 1.43 bits per heavy atom. The molecule has 0 unspecified atom stereocenters. The van der Waals surface area contributed by atoms with Crippen LogP contribution in [0.3, 0.4) is 0 Å². The normalized spacial score (nSPS) is 11.2. The Labute approximate surface area is 123 Å². The Morgan fingerprint density at radius 3 is 2.86 bits per heavy atom. The minimum atomic E-state index is -0.269. The number of nitrogens with zero attached hydrogens (tertiary/aromatic N) is 3. The highest BCUT2D eigenvalue weighted by Crippen LogP contribution is 2.19. The number of aryl methyl sites for hydroxylation is 1. The maximum absolute atomic E-state index is 12.3. The first-order valence-electron chi connectivity index (χ1n) is 7.04. The summed E-state index contributed by atoms with van der Waals surface area (Å²) in [7, 11) is 3.98. The lowest BCUT2D eigenvalue weighted by Crippen LogP contribution is -2.28. The van der Waals surface area contributed by atoms with Gasteiger partial charge in [-0.3, -0.25) is 9.59 Å². The Bertz CT molecular complexity index is 643. The zero-order chi connectivity index (χ0) is 15.4. The molecule has 0 aliphatic carbocycles. The zero-order valence-electron chi connectivity index (χ0n) is 12.6. The predicted octanol–water partition coefficient (Wildman–Crippen LogP) is 0.378. The second-order valence-electron chi connectivity index (χ2n) is 5.23. The molecular formula is C14H21N5O2. The average molecular weight is 291 g/mol. The minimum Gasteiger partial charge on any atom is -0.353 e. The van der Waals surface area contributed by atoms with Gasteiger partial charge in [0.05, 0.1) is 11.1 Å². The number of aromatic amines is 1. The maximum atomic E-state index is 12.3. The molecular weight excluding hydrogens is 270 g/mol. The van der Waals surface area contributed by atoms with Crippen molar-refractivity contribution < 1.29 is 4.79 Å². The number of aromatic nitrogens is 3. The molecule has 1 amide bonds. The Balaban J connectivity index is 2.16. The van der Waals surface area contributed by atoms with E-state index in [0.717, 1.165) is 13.0 Å². The van der Waals surface area contributed by atoms with Crippen molar-refractivity contribution in [1.29, 1.82) is 0 Å². The smallest absolute Gasteiger partial charge is 0.275 e. The number of fused-ring (bicyclic) bond motifs is 1. The molecule has 0 saturated heterocycles. The van der Waals surface area contributed by atoms with E-state index in [0.29, 0.717) is 29.9 Å². The molecule has 2 aliphatic rings. The highest BCUT2D eigenvalue weighted by Gasteiger charge is 2.20. The van der Waals surface area contributed by atoms with E-state index in [1.54, 1.807) is 12.4 Å². The predicted molar refractivity (Wildman–Crippen MR) is 80.6 cm³/mol. The largest absolute Gasteiger partial charge is 0.353 e. The lowest BCUT2D eigenvalue weighted by Gasteiger charge is -2.12. The molecule has 7 heteroatoms. The highest BCUT2D eigenvalue weighted by molar-refractivity contribution is 5.99. The molecule has 114 valence electrons. The Morgan fingerprint density at radius 2 is 2.19 bits per heavy atom. The van der Waals surface area contributed by atoms with Gasteiger partial charge in [0.15, 0.2) is 0 Å². The monoisotopic (exact) mass is 291 g/mol. The molecule has 0 aromatic carbocycles. The molecule has 0 atom stereocenters. The van der Waals surface area contributed by atoms with E-state index in [-0.39, 0.29) is 11.5 Å². The lowest BCUT2D eigenvalue weighted by molar-refractivity contribution is 0.0952. The molecule has 2 rings (SSSR count). The molecule has 2 heterocycles. The molecule has 7 nitrogen and oxygen atoms in total. The third-order valence-corrected chi connectivity index (χ3v) is 3.29. The van der Waals surface area contributed by atoms with Gasteiger partial charge in [0.25, 0.3) is 11.5 Å².